The van der Waals surface area contributed by atoms with E-state index in [0.29, 0.717) is 17.3 Å². The number of alkyl halides is 3. The molecule has 0 radical (unpaired) electrons. The molecule has 0 fully saturated rings. The molecule has 0 aromatic carbocycles. The lowest BCUT2D eigenvalue weighted by Gasteiger charge is -2.06. The zero-order valence-corrected chi connectivity index (χ0v) is 12.4. The van der Waals surface area contributed by atoms with Crippen molar-refractivity contribution >= 4 is 23.1 Å². The number of nitrogens with zero attached hydrogens (tertiary/aromatic N) is 1. The number of thioether (sulfide) groups is 1. The fourth-order valence-corrected chi connectivity index (χ4v) is 3.21. The van der Waals surface area contributed by atoms with Crippen LogP contribution in [-0.4, -0.2) is 11.5 Å². The summed E-state index contributed by atoms with van der Waals surface area (Å²) in [6.07, 6.45) is -3.49. The van der Waals surface area contributed by atoms with E-state index < -0.39 is 11.7 Å². The SMILES string of the molecule is NCC#Cc1ccc(CSc2ccc(C(F)(F)F)cn2)s1. The molecule has 2 rings (SSSR count). The van der Waals surface area contributed by atoms with Crippen LogP contribution in [0.15, 0.2) is 35.5 Å². The monoisotopic (exact) mass is 328 g/mol. The number of nitrogens with two attached hydrogens (primary N) is 1. The first-order chi connectivity index (χ1) is 9.99. The van der Waals surface area contributed by atoms with Crippen LogP contribution in [0.25, 0.3) is 0 Å². The van der Waals surface area contributed by atoms with Crippen LogP contribution >= 0.6 is 23.1 Å². The van der Waals surface area contributed by atoms with Crippen LogP contribution in [0.3, 0.4) is 0 Å². The molecule has 0 aliphatic carbocycles. The van der Waals surface area contributed by atoms with Gasteiger partial charge in [0.25, 0.3) is 0 Å². The lowest BCUT2D eigenvalue weighted by molar-refractivity contribution is -0.137. The second kappa shape index (κ2) is 6.98. The van der Waals surface area contributed by atoms with Crippen LogP contribution < -0.4 is 5.73 Å². The molecule has 0 aliphatic rings. The van der Waals surface area contributed by atoms with Crippen molar-refractivity contribution in [1.82, 2.24) is 4.98 Å². The maximum atomic E-state index is 12.4. The minimum atomic E-state index is -4.35. The van der Waals surface area contributed by atoms with Gasteiger partial charge in [0.2, 0.25) is 0 Å². The van der Waals surface area contributed by atoms with E-state index in [1.165, 1.54) is 17.8 Å². The molecule has 0 saturated heterocycles. The van der Waals surface area contributed by atoms with Gasteiger partial charge in [-0.3, -0.25) is 0 Å². The van der Waals surface area contributed by atoms with Gasteiger partial charge in [-0.25, -0.2) is 4.98 Å². The number of aromatic nitrogens is 1. The molecule has 7 heteroatoms. The Hall–Kier alpha value is -1.49. The maximum Gasteiger partial charge on any atom is 0.417 e. The molecular formula is C14H11F3N2S2. The molecule has 2 N–H and O–H groups in total. The van der Waals surface area contributed by atoms with Crippen molar-refractivity contribution in [1.29, 1.82) is 0 Å². The molecule has 2 aromatic heterocycles. The third-order valence-electron chi connectivity index (χ3n) is 2.40. The minimum Gasteiger partial charge on any atom is -0.320 e. The van der Waals surface area contributed by atoms with Gasteiger partial charge in [0.05, 0.1) is 22.0 Å². The summed E-state index contributed by atoms with van der Waals surface area (Å²) in [4.78, 5) is 5.83. The average Bonchev–Trinajstić information content (AvgIpc) is 2.90. The van der Waals surface area contributed by atoms with Crippen LogP contribution in [0.5, 0.6) is 0 Å². The number of pyridine rings is 1. The zero-order chi connectivity index (χ0) is 15.3. The van der Waals surface area contributed by atoms with Crippen LogP contribution in [0.1, 0.15) is 15.3 Å². The van der Waals surface area contributed by atoms with Crippen molar-refractivity contribution in [2.45, 2.75) is 17.0 Å². The zero-order valence-electron chi connectivity index (χ0n) is 10.8. The van der Waals surface area contributed by atoms with Gasteiger partial charge in [0.15, 0.2) is 0 Å². The molecule has 0 bridgehead atoms. The van der Waals surface area contributed by atoms with Crippen molar-refractivity contribution < 1.29 is 13.2 Å². The van der Waals surface area contributed by atoms with Crippen LogP contribution in [0, 0.1) is 11.8 Å². The van der Waals surface area contributed by atoms with Gasteiger partial charge < -0.3 is 5.73 Å². The standard InChI is InChI=1S/C14H11F3N2S2/c15-14(16,17)10-3-6-13(19-8-10)20-9-12-5-4-11(21-12)2-1-7-18/h3-6,8H,7,9,18H2. The minimum absolute atomic E-state index is 0.317. The molecule has 0 saturated carbocycles. The van der Waals surface area contributed by atoms with Crippen LogP contribution in [-0.2, 0) is 11.9 Å². The second-order valence-corrected chi connectivity index (χ2v) is 6.11. The Bertz CT molecular complexity index is 651. The summed E-state index contributed by atoms with van der Waals surface area (Å²) in [5.74, 6) is 6.36. The summed E-state index contributed by atoms with van der Waals surface area (Å²) in [6.45, 7) is 0.317. The van der Waals surface area contributed by atoms with E-state index in [-0.39, 0.29) is 0 Å². The summed E-state index contributed by atoms with van der Waals surface area (Å²) >= 11 is 2.93. The van der Waals surface area contributed by atoms with E-state index >= 15 is 0 Å². The number of halogens is 3. The molecule has 21 heavy (non-hydrogen) atoms. The highest BCUT2D eigenvalue weighted by Crippen LogP contribution is 2.30. The number of thiophene rings is 1. The molecule has 2 heterocycles. The van der Waals surface area contributed by atoms with Crippen molar-refractivity contribution in [3.05, 3.63) is 45.8 Å². The molecule has 2 nitrogen and oxygen atoms in total. The number of hydrogen-bond donors (Lipinski definition) is 1. The predicted octanol–water partition coefficient (Wildman–Crippen LogP) is 3.76. The largest absolute Gasteiger partial charge is 0.417 e. The molecular weight excluding hydrogens is 317 g/mol. The third kappa shape index (κ3) is 4.77. The van der Waals surface area contributed by atoms with Gasteiger partial charge >= 0.3 is 6.18 Å². The van der Waals surface area contributed by atoms with Gasteiger partial charge in [-0.15, -0.1) is 23.1 Å². The lowest BCUT2D eigenvalue weighted by Crippen LogP contribution is -2.05. The van der Waals surface area contributed by atoms with Crippen molar-refractivity contribution in [2.75, 3.05) is 6.54 Å². The normalized spacial score (nSPS) is 11.0. The van der Waals surface area contributed by atoms with Crippen molar-refractivity contribution in [2.24, 2.45) is 5.73 Å². The van der Waals surface area contributed by atoms with Crippen LogP contribution in [0.2, 0.25) is 0 Å². The van der Waals surface area contributed by atoms with Crippen LogP contribution in [0.4, 0.5) is 13.2 Å². The van der Waals surface area contributed by atoms with Gasteiger partial charge in [0, 0.05) is 16.8 Å². The van der Waals surface area contributed by atoms with Gasteiger partial charge in [0.1, 0.15) is 0 Å². The summed E-state index contributed by atoms with van der Waals surface area (Å²) in [6, 6.07) is 6.28. The Balaban J connectivity index is 1.95. The van der Waals surface area contributed by atoms with E-state index in [2.05, 4.69) is 16.8 Å². The molecule has 0 atom stereocenters. The predicted molar refractivity (Wildman–Crippen MR) is 79.1 cm³/mol. The lowest BCUT2D eigenvalue weighted by atomic mass is 10.3. The average molecular weight is 328 g/mol. The molecule has 0 unspecified atom stereocenters. The number of rotatable bonds is 3. The Kier molecular flexibility index (Phi) is 5.28. The van der Waals surface area contributed by atoms with Gasteiger partial charge in [-0.05, 0) is 24.3 Å². The topological polar surface area (TPSA) is 38.9 Å². The first-order valence-electron chi connectivity index (χ1n) is 5.93. The Morgan fingerprint density at radius 3 is 2.67 bits per heavy atom. The first-order valence-corrected chi connectivity index (χ1v) is 7.73. The summed E-state index contributed by atoms with van der Waals surface area (Å²) < 4.78 is 37.2. The third-order valence-corrected chi connectivity index (χ3v) is 4.58. The molecule has 2 aromatic rings. The van der Waals surface area contributed by atoms with Gasteiger partial charge in [-0.1, -0.05) is 11.8 Å². The highest BCUT2D eigenvalue weighted by atomic mass is 32.2. The Morgan fingerprint density at radius 2 is 2.05 bits per heavy atom. The van der Waals surface area contributed by atoms with E-state index in [1.54, 1.807) is 11.3 Å². The number of hydrogen-bond acceptors (Lipinski definition) is 4. The molecule has 0 amide bonds. The quantitative estimate of drug-likeness (QED) is 0.689. The second-order valence-electron chi connectivity index (χ2n) is 3.94. The smallest absolute Gasteiger partial charge is 0.320 e. The van der Waals surface area contributed by atoms with E-state index in [0.717, 1.165) is 22.0 Å². The summed E-state index contributed by atoms with van der Waals surface area (Å²) in [7, 11) is 0. The highest BCUT2D eigenvalue weighted by molar-refractivity contribution is 7.98. The molecule has 0 aliphatic heterocycles. The fourth-order valence-electron chi connectivity index (χ4n) is 1.44. The van der Waals surface area contributed by atoms with Crippen molar-refractivity contribution in [3.8, 4) is 11.8 Å². The van der Waals surface area contributed by atoms with Gasteiger partial charge in [-0.2, -0.15) is 13.2 Å². The highest BCUT2D eigenvalue weighted by Gasteiger charge is 2.30. The van der Waals surface area contributed by atoms with E-state index in [9.17, 15) is 13.2 Å². The molecule has 110 valence electrons. The van der Waals surface area contributed by atoms with E-state index in [1.807, 2.05) is 12.1 Å². The first kappa shape index (κ1) is 15.9. The Morgan fingerprint density at radius 1 is 1.24 bits per heavy atom. The maximum absolute atomic E-state index is 12.4. The summed E-state index contributed by atoms with van der Waals surface area (Å²) in [5, 5.41) is 0.561. The Labute approximate surface area is 128 Å². The summed E-state index contributed by atoms with van der Waals surface area (Å²) in [5.41, 5.74) is 4.57. The van der Waals surface area contributed by atoms with E-state index in [4.69, 9.17) is 5.73 Å². The van der Waals surface area contributed by atoms with Crippen molar-refractivity contribution in [3.63, 3.8) is 0 Å². The molecule has 0 spiro atoms. The fraction of sp³-hybridized carbons (Fsp3) is 0.214.